The monoisotopic (exact) mass is 608 g/mol. The lowest BCUT2D eigenvalue weighted by molar-refractivity contribution is -0.638. The third-order valence-corrected chi connectivity index (χ3v) is 10.1. The summed E-state index contributed by atoms with van der Waals surface area (Å²) in [7, 11) is 0. The molecule has 0 unspecified atom stereocenters. The van der Waals surface area contributed by atoms with E-state index in [1.807, 2.05) is 23.1 Å². The van der Waals surface area contributed by atoms with Gasteiger partial charge in [-0.05, 0) is 48.4 Å². The molecule has 240 valence electrons. The minimum absolute atomic E-state index is 0.0459. The third-order valence-electron chi connectivity index (χ3n) is 10.1. The number of piperazine rings is 1. The summed E-state index contributed by atoms with van der Waals surface area (Å²) >= 11 is 0. The molecule has 0 bridgehead atoms. The number of carbonyl (C=O) groups is 1. The van der Waals surface area contributed by atoms with Crippen molar-refractivity contribution in [2.75, 3.05) is 75.2 Å². The Labute approximate surface area is 262 Å². The standard InChI is InChI=1S/C35H50FN5O3/c1-35(2,3)26-7-14-40(15-8-26)32-20-25(4-5-33(32)44-30-6-11-38-24-30)34(42)41-16-9-29(10-17-41)43-31-22-27(36)21-28(23-31)39-18-12-37-13-19-39/h4-5,20-23,26,29-30,37-38H,6-19,24H2,1-3H3/p+1/t30-/m0/s1. The summed E-state index contributed by atoms with van der Waals surface area (Å²) in [5.74, 6) is 1.95. The van der Waals surface area contributed by atoms with Crippen LogP contribution in [0.2, 0.25) is 0 Å². The molecule has 3 N–H and O–H groups in total. The maximum Gasteiger partial charge on any atom is 0.253 e. The summed E-state index contributed by atoms with van der Waals surface area (Å²) in [6.45, 7) is 15.8. The van der Waals surface area contributed by atoms with Crippen molar-refractivity contribution in [3.8, 4) is 11.5 Å². The lowest BCUT2D eigenvalue weighted by Crippen LogP contribution is -2.81. The Bertz CT molecular complexity index is 1270. The van der Waals surface area contributed by atoms with Gasteiger partial charge < -0.3 is 34.8 Å². The molecule has 2 aromatic rings. The van der Waals surface area contributed by atoms with Crippen LogP contribution in [0.3, 0.4) is 0 Å². The van der Waals surface area contributed by atoms with E-state index in [0.29, 0.717) is 35.7 Å². The quantitative estimate of drug-likeness (QED) is 0.497. The number of halogens is 1. The molecule has 9 heteroatoms. The number of nitrogens with zero attached hydrogens (tertiary/aromatic N) is 3. The highest BCUT2D eigenvalue weighted by molar-refractivity contribution is 5.95. The van der Waals surface area contributed by atoms with Crippen molar-refractivity contribution in [3.63, 3.8) is 0 Å². The molecular formula is C35H51FN5O3+. The molecule has 4 heterocycles. The average molecular weight is 609 g/mol. The number of benzene rings is 2. The predicted octanol–water partition coefficient (Wildman–Crippen LogP) is 3.90. The van der Waals surface area contributed by atoms with E-state index in [0.717, 1.165) is 102 Å². The Hall–Kier alpha value is -3.04. The Morgan fingerprint density at radius 2 is 1.61 bits per heavy atom. The number of amides is 1. The summed E-state index contributed by atoms with van der Waals surface area (Å²) in [6, 6.07) is 11.0. The molecule has 4 aliphatic heterocycles. The van der Waals surface area contributed by atoms with Crippen LogP contribution in [0.25, 0.3) is 0 Å². The molecule has 0 saturated carbocycles. The fourth-order valence-electron chi connectivity index (χ4n) is 7.27. The van der Waals surface area contributed by atoms with Gasteiger partial charge >= 0.3 is 0 Å². The summed E-state index contributed by atoms with van der Waals surface area (Å²) in [6.07, 6.45) is 4.95. The Balaban J connectivity index is 1.10. The molecule has 0 spiro atoms. The Morgan fingerprint density at radius 1 is 0.864 bits per heavy atom. The highest BCUT2D eigenvalue weighted by Crippen LogP contribution is 2.39. The molecule has 2 aromatic carbocycles. The third kappa shape index (κ3) is 7.42. The van der Waals surface area contributed by atoms with Gasteiger partial charge in [-0.1, -0.05) is 20.8 Å². The van der Waals surface area contributed by atoms with E-state index >= 15 is 0 Å². The van der Waals surface area contributed by atoms with E-state index in [1.54, 1.807) is 6.07 Å². The van der Waals surface area contributed by atoms with E-state index in [9.17, 15) is 9.18 Å². The second-order valence-corrected chi connectivity index (χ2v) is 14.1. The lowest BCUT2D eigenvalue weighted by atomic mass is 9.75. The largest absolute Gasteiger partial charge is 0.490 e. The molecule has 1 atom stereocenters. The first-order valence-corrected chi connectivity index (χ1v) is 16.8. The molecule has 0 aromatic heterocycles. The van der Waals surface area contributed by atoms with Crippen LogP contribution in [0, 0.1) is 17.2 Å². The van der Waals surface area contributed by atoms with Crippen molar-refractivity contribution in [3.05, 3.63) is 47.8 Å². The normalized spacial score (nSPS) is 22.4. The number of piperidine rings is 2. The number of carbonyl (C=O) groups excluding carboxylic acids is 1. The lowest BCUT2D eigenvalue weighted by Gasteiger charge is -2.40. The van der Waals surface area contributed by atoms with Gasteiger partial charge in [0.05, 0.1) is 12.2 Å². The molecule has 4 saturated heterocycles. The minimum atomic E-state index is -0.277. The molecule has 6 rings (SSSR count). The van der Waals surface area contributed by atoms with Gasteiger partial charge in [0.25, 0.3) is 5.91 Å². The SMILES string of the molecule is CC(C)(C)C1CCN(c2cc(C(=O)N3CCC(Oc4cc(F)cc(N5CCNCC5)c4)CC3)ccc2O[C@H]2CC[NH2+]C2)CC1. The fourth-order valence-corrected chi connectivity index (χ4v) is 7.27. The van der Waals surface area contributed by atoms with Crippen LogP contribution in [-0.2, 0) is 0 Å². The van der Waals surface area contributed by atoms with Crippen molar-refractivity contribution < 1.29 is 24.0 Å². The average Bonchev–Trinajstić information content (AvgIpc) is 3.54. The number of hydrogen-bond donors (Lipinski definition) is 2. The fraction of sp³-hybridized carbons (Fsp3) is 0.629. The zero-order valence-electron chi connectivity index (χ0n) is 26.8. The van der Waals surface area contributed by atoms with E-state index < -0.39 is 0 Å². The maximum atomic E-state index is 14.5. The van der Waals surface area contributed by atoms with Gasteiger partial charge in [0.1, 0.15) is 30.0 Å². The summed E-state index contributed by atoms with van der Waals surface area (Å²) < 4.78 is 27.3. The zero-order chi connectivity index (χ0) is 30.7. The molecule has 0 aliphatic carbocycles. The highest BCUT2D eigenvalue weighted by Gasteiger charge is 2.32. The van der Waals surface area contributed by atoms with Gasteiger partial charge in [-0.3, -0.25) is 4.79 Å². The number of nitrogens with one attached hydrogen (secondary N) is 1. The number of nitrogens with two attached hydrogens (primary N) is 1. The van der Waals surface area contributed by atoms with Gasteiger partial charge in [-0.15, -0.1) is 0 Å². The molecule has 8 nitrogen and oxygen atoms in total. The molecule has 0 radical (unpaired) electrons. The van der Waals surface area contributed by atoms with Crippen LogP contribution in [0.15, 0.2) is 36.4 Å². The van der Waals surface area contributed by atoms with Gasteiger partial charge in [-0.25, -0.2) is 4.39 Å². The second kappa shape index (κ2) is 13.5. The zero-order valence-corrected chi connectivity index (χ0v) is 26.8. The van der Waals surface area contributed by atoms with E-state index in [4.69, 9.17) is 9.47 Å². The number of likely N-dealkylation sites (tertiary alicyclic amines) is 1. The number of ether oxygens (including phenoxy) is 2. The van der Waals surface area contributed by atoms with Crippen molar-refractivity contribution in [2.24, 2.45) is 11.3 Å². The van der Waals surface area contributed by atoms with Crippen molar-refractivity contribution in [1.82, 2.24) is 10.2 Å². The van der Waals surface area contributed by atoms with Crippen LogP contribution < -0.4 is 29.9 Å². The number of rotatable bonds is 7. The van der Waals surface area contributed by atoms with Crippen molar-refractivity contribution in [2.45, 2.75) is 65.1 Å². The summed E-state index contributed by atoms with van der Waals surface area (Å²) in [4.78, 5) is 20.3. The number of quaternary nitrogens is 1. The van der Waals surface area contributed by atoms with Gasteiger partial charge in [-0.2, -0.15) is 0 Å². The number of anilines is 2. The van der Waals surface area contributed by atoms with Gasteiger partial charge in [0.2, 0.25) is 0 Å². The van der Waals surface area contributed by atoms with E-state index in [2.05, 4.69) is 47.3 Å². The van der Waals surface area contributed by atoms with Gasteiger partial charge in [0, 0.05) is 95.0 Å². The van der Waals surface area contributed by atoms with Gasteiger partial charge in [0.15, 0.2) is 6.10 Å². The highest BCUT2D eigenvalue weighted by atomic mass is 19.1. The Morgan fingerprint density at radius 3 is 2.30 bits per heavy atom. The smallest absolute Gasteiger partial charge is 0.253 e. The predicted molar refractivity (Wildman–Crippen MR) is 173 cm³/mol. The van der Waals surface area contributed by atoms with Crippen LogP contribution in [0.4, 0.5) is 15.8 Å². The van der Waals surface area contributed by atoms with Crippen LogP contribution in [-0.4, -0.2) is 88.5 Å². The van der Waals surface area contributed by atoms with Crippen LogP contribution >= 0.6 is 0 Å². The second-order valence-electron chi connectivity index (χ2n) is 14.1. The maximum absolute atomic E-state index is 14.5. The molecule has 44 heavy (non-hydrogen) atoms. The minimum Gasteiger partial charge on any atom is -0.490 e. The van der Waals surface area contributed by atoms with E-state index in [-0.39, 0.29) is 23.9 Å². The van der Waals surface area contributed by atoms with E-state index in [1.165, 1.54) is 6.07 Å². The topological polar surface area (TPSA) is 73.9 Å². The molecular weight excluding hydrogens is 557 g/mol. The first kappa shape index (κ1) is 31.0. The van der Waals surface area contributed by atoms with Crippen LogP contribution in [0.1, 0.15) is 63.2 Å². The van der Waals surface area contributed by atoms with Crippen LogP contribution in [0.5, 0.6) is 11.5 Å². The summed E-state index contributed by atoms with van der Waals surface area (Å²) in [5, 5.41) is 5.65. The molecule has 4 aliphatic rings. The van der Waals surface area contributed by atoms with Crippen molar-refractivity contribution >= 4 is 17.3 Å². The number of hydrogen-bond acceptors (Lipinski definition) is 6. The molecule has 4 fully saturated rings. The first-order valence-electron chi connectivity index (χ1n) is 16.8. The molecule has 1 amide bonds. The summed E-state index contributed by atoms with van der Waals surface area (Å²) in [5.41, 5.74) is 2.94. The first-order chi connectivity index (χ1) is 21.2. The van der Waals surface area contributed by atoms with Crippen molar-refractivity contribution in [1.29, 1.82) is 0 Å². The Kier molecular flexibility index (Phi) is 9.52.